The second-order valence-corrected chi connectivity index (χ2v) is 8.54. The van der Waals surface area contributed by atoms with Gasteiger partial charge in [-0.1, -0.05) is 46.4 Å². The van der Waals surface area contributed by atoms with Crippen LogP contribution in [0.1, 0.15) is 11.5 Å². The van der Waals surface area contributed by atoms with Crippen molar-refractivity contribution in [3.63, 3.8) is 0 Å². The van der Waals surface area contributed by atoms with Crippen molar-refractivity contribution >= 4 is 81.6 Å². The van der Waals surface area contributed by atoms with Gasteiger partial charge < -0.3 is 20.4 Å². The first kappa shape index (κ1) is 26.1. The summed E-state index contributed by atoms with van der Waals surface area (Å²) < 4.78 is 5.50. The number of nitrogens with one attached hydrogen (secondary N) is 3. The van der Waals surface area contributed by atoms with E-state index in [2.05, 4.69) is 16.0 Å². The number of hydrogen-bond donors (Lipinski definition) is 3. The van der Waals surface area contributed by atoms with Gasteiger partial charge in [0.25, 0.3) is 5.91 Å². The molecule has 0 atom stereocenters. The molecule has 0 saturated heterocycles. The maximum absolute atomic E-state index is 12.4. The predicted molar refractivity (Wildman–Crippen MR) is 134 cm³/mol. The molecule has 35 heavy (non-hydrogen) atoms. The minimum Gasteiger partial charge on any atom is -0.460 e. The van der Waals surface area contributed by atoms with Crippen LogP contribution in [0, 0.1) is 11.3 Å². The van der Waals surface area contributed by atoms with Gasteiger partial charge in [-0.25, -0.2) is 0 Å². The highest BCUT2D eigenvalue weighted by molar-refractivity contribution is 6.42. The molecule has 0 aliphatic heterocycles. The number of benzene rings is 2. The molecule has 0 bridgehead atoms. The van der Waals surface area contributed by atoms with E-state index in [0.717, 1.165) is 0 Å². The first-order valence-electron chi connectivity index (χ1n) is 9.67. The van der Waals surface area contributed by atoms with Gasteiger partial charge in [-0.3, -0.25) is 14.4 Å². The Balaban J connectivity index is 1.58. The van der Waals surface area contributed by atoms with Gasteiger partial charge in [-0.15, -0.1) is 0 Å². The van der Waals surface area contributed by atoms with Crippen molar-refractivity contribution in [2.75, 3.05) is 10.6 Å². The van der Waals surface area contributed by atoms with E-state index >= 15 is 0 Å². The molecular weight excluding hydrogens is 538 g/mol. The molecule has 8 nitrogen and oxygen atoms in total. The van der Waals surface area contributed by atoms with Crippen LogP contribution in [0.2, 0.25) is 20.1 Å². The summed E-state index contributed by atoms with van der Waals surface area (Å²) in [7, 11) is 0. The van der Waals surface area contributed by atoms with Crippen LogP contribution < -0.4 is 16.0 Å². The summed E-state index contributed by atoms with van der Waals surface area (Å²) in [6, 6.07) is 13.7. The van der Waals surface area contributed by atoms with Gasteiger partial charge in [0.15, 0.2) is 0 Å². The molecule has 1 heterocycles. The lowest BCUT2D eigenvalue weighted by Crippen LogP contribution is -2.34. The summed E-state index contributed by atoms with van der Waals surface area (Å²) >= 11 is 23.5. The largest absolute Gasteiger partial charge is 0.460 e. The molecule has 0 unspecified atom stereocenters. The third kappa shape index (κ3) is 7.50. The van der Waals surface area contributed by atoms with Crippen LogP contribution in [0.15, 0.2) is 58.5 Å². The fraction of sp³-hybridized carbons (Fsp3) is 0.0435. The van der Waals surface area contributed by atoms with E-state index in [1.807, 2.05) is 0 Å². The summed E-state index contributed by atoms with van der Waals surface area (Å²) in [5.74, 6) is -2.07. The Bertz CT molecular complexity index is 1360. The Kier molecular flexibility index (Phi) is 8.79. The maximum Gasteiger partial charge on any atom is 0.313 e. The number of halogens is 4. The normalized spacial score (nSPS) is 10.9. The monoisotopic (exact) mass is 550 g/mol. The van der Waals surface area contributed by atoms with Gasteiger partial charge in [0.1, 0.15) is 23.2 Å². The SMILES string of the molecule is N#C/C(=C/c1ccc(CNC(=O)C(=O)Nc2cc(Cl)cc(Cl)c2)o1)C(=O)Nc1ccc(Cl)c(Cl)c1. The van der Waals surface area contributed by atoms with Crippen LogP contribution in [0.4, 0.5) is 11.4 Å². The quantitative estimate of drug-likeness (QED) is 0.206. The molecule has 3 aromatic rings. The van der Waals surface area contributed by atoms with E-state index in [9.17, 15) is 19.6 Å². The molecule has 3 N–H and O–H groups in total. The van der Waals surface area contributed by atoms with Crippen LogP contribution in [0.5, 0.6) is 0 Å². The third-order valence-corrected chi connectivity index (χ3v) is 5.44. The zero-order valence-electron chi connectivity index (χ0n) is 17.5. The summed E-state index contributed by atoms with van der Waals surface area (Å²) in [4.78, 5) is 36.5. The molecule has 2 aromatic carbocycles. The van der Waals surface area contributed by atoms with Gasteiger partial charge in [-0.05, 0) is 48.5 Å². The van der Waals surface area contributed by atoms with Crippen molar-refractivity contribution in [3.8, 4) is 6.07 Å². The minimum atomic E-state index is -0.930. The van der Waals surface area contributed by atoms with E-state index < -0.39 is 17.7 Å². The Hall–Kier alpha value is -3.48. The molecule has 1 aromatic heterocycles. The van der Waals surface area contributed by atoms with E-state index in [4.69, 9.17) is 50.8 Å². The second-order valence-electron chi connectivity index (χ2n) is 6.85. The average molecular weight is 552 g/mol. The Morgan fingerprint density at radius 2 is 1.51 bits per heavy atom. The molecule has 0 saturated carbocycles. The maximum atomic E-state index is 12.4. The number of nitriles is 1. The van der Waals surface area contributed by atoms with Crippen molar-refractivity contribution in [1.29, 1.82) is 5.26 Å². The Labute approximate surface area is 219 Å². The van der Waals surface area contributed by atoms with Crippen molar-refractivity contribution in [2.24, 2.45) is 0 Å². The summed E-state index contributed by atoms with van der Waals surface area (Å²) in [6.45, 7) is -0.117. The Morgan fingerprint density at radius 3 is 2.17 bits per heavy atom. The fourth-order valence-corrected chi connectivity index (χ4v) is 3.52. The highest BCUT2D eigenvalue weighted by atomic mass is 35.5. The predicted octanol–water partition coefficient (Wildman–Crippen LogP) is 5.69. The van der Waals surface area contributed by atoms with Crippen LogP contribution >= 0.6 is 46.4 Å². The van der Waals surface area contributed by atoms with Gasteiger partial charge in [-0.2, -0.15) is 5.26 Å². The molecule has 0 spiro atoms. The zero-order chi connectivity index (χ0) is 25.5. The lowest BCUT2D eigenvalue weighted by atomic mass is 10.2. The smallest absolute Gasteiger partial charge is 0.313 e. The standard InChI is InChI=1S/C23H14Cl4N4O4/c24-13-6-14(25)8-16(7-13)31-23(34)22(33)29-11-18-3-2-17(35-18)5-12(10-28)21(32)30-15-1-4-19(26)20(27)9-15/h1-9H,11H2,(H,29,33)(H,30,32)(H,31,34)/b12-5-. The van der Waals surface area contributed by atoms with Crippen molar-refractivity contribution < 1.29 is 18.8 Å². The molecule has 12 heteroatoms. The second kappa shape index (κ2) is 11.8. The first-order chi connectivity index (χ1) is 16.6. The molecule has 178 valence electrons. The fourth-order valence-electron chi connectivity index (χ4n) is 2.69. The minimum absolute atomic E-state index is 0.117. The summed E-state index contributed by atoms with van der Waals surface area (Å²) in [5, 5.41) is 17.8. The van der Waals surface area contributed by atoms with Gasteiger partial charge >= 0.3 is 11.8 Å². The van der Waals surface area contributed by atoms with Crippen molar-refractivity contribution in [2.45, 2.75) is 6.54 Å². The number of amides is 3. The number of rotatable bonds is 6. The number of nitrogens with zero attached hydrogens (tertiary/aromatic N) is 1. The lowest BCUT2D eigenvalue weighted by Gasteiger charge is -2.06. The molecule has 3 amide bonds. The average Bonchev–Trinajstić information content (AvgIpc) is 3.25. The Morgan fingerprint density at radius 1 is 0.829 bits per heavy atom. The van der Waals surface area contributed by atoms with Gasteiger partial charge in [0, 0.05) is 27.5 Å². The number of carbonyl (C=O) groups is 3. The van der Waals surface area contributed by atoms with E-state index in [1.165, 1.54) is 54.6 Å². The third-order valence-electron chi connectivity index (χ3n) is 4.26. The summed E-state index contributed by atoms with van der Waals surface area (Å²) in [6.07, 6.45) is 1.23. The number of hydrogen-bond acceptors (Lipinski definition) is 5. The summed E-state index contributed by atoms with van der Waals surface area (Å²) in [5.41, 5.74) is 0.378. The molecule has 0 fully saturated rings. The molecule has 3 rings (SSSR count). The van der Waals surface area contributed by atoms with Gasteiger partial charge in [0.05, 0.1) is 16.6 Å². The first-order valence-corrected chi connectivity index (χ1v) is 11.2. The molecule has 0 radical (unpaired) electrons. The zero-order valence-corrected chi connectivity index (χ0v) is 20.5. The van der Waals surface area contributed by atoms with Crippen LogP contribution in [0.3, 0.4) is 0 Å². The molecular formula is C23H14Cl4N4O4. The van der Waals surface area contributed by atoms with E-state index in [-0.39, 0.29) is 34.3 Å². The highest BCUT2D eigenvalue weighted by Crippen LogP contribution is 2.25. The van der Waals surface area contributed by atoms with Crippen LogP contribution in [-0.2, 0) is 20.9 Å². The van der Waals surface area contributed by atoms with E-state index in [0.29, 0.717) is 20.8 Å². The number of carbonyl (C=O) groups excluding carboxylic acids is 3. The van der Waals surface area contributed by atoms with E-state index in [1.54, 1.807) is 6.07 Å². The number of furan rings is 1. The van der Waals surface area contributed by atoms with Crippen LogP contribution in [0.25, 0.3) is 6.08 Å². The number of anilines is 2. The topological polar surface area (TPSA) is 124 Å². The molecule has 0 aliphatic rings. The van der Waals surface area contributed by atoms with Crippen molar-refractivity contribution in [3.05, 3.63) is 85.7 Å². The highest BCUT2D eigenvalue weighted by Gasteiger charge is 2.16. The van der Waals surface area contributed by atoms with Gasteiger partial charge in [0.2, 0.25) is 0 Å². The van der Waals surface area contributed by atoms with Crippen LogP contribution in [-0.4, -0.2) is 17.7 Å². The van der Waals surface area contributed by atoms with Crippen molar-refractivity contribution in [1.82, 2.24) is 5.32 Å². The molecule has 0 aliphatic carbocycles. The lowest BCUT2D eigenvalue weighted by molar-refractivity contribution is -0.136.